The van der Waals surface area contributed by atoms with E-state index in [1.54, 1.807) is 18.2 Å². The van der Waals surface area contributed by atoms with Gasteiger partial charge in [0.25, 0.3) is 5.91 Å². The number of amides is 1. The van der Waals surface area contributed by atoms with Crippen LogP contribution in [0.3, 0.4) is 0 Å². The summed E-state index contributed by atoms with van der Waals surface area (Å²) in [4.78, 5) is 12.4. The van der Waals surface area contributed by atoms with Gasteiger partial charge in [-0.05, 0) is 59.8 Å². The van der Waals surface area contributed by atoms with Gasteiger partial charge in [0.15, 0.2) is 0 Å². The fourth-order valence-corrected chi connectivity index (χ4v) is 3.69. The second-order valence-electron chi connectivity index (χ2n) is 5.53. The van der Waals surface area contributed by atoms with Crippen molar-refractivity contribution in [3.63, 3.8) is 0 Å². The van der Waals surface area contributed by atoms with Gasteiger partial charge in [-0.25, -0.2) is 0 Å². The van der Waals surface area contributed by atoms with Crippen molar-refractivity contribution >= 4 is 33.4 Å². The van der Waals surface area contributed by atoms with Gasteiger partial charge in [0.05, 0.1) is 11.2 Å². The molecule has 1 aromatic rings. The Hall–Kier alpha value is -0.580. The van der Waals surface area contributed by atoms with Crippen LogP contribution in [0.25, 0.3) is 0 Å². The smallest absolute Gasteiger partial charge is 0.252 e. The number of halogens is 2. The van der Waals surface area contributed by atoms with Crippen molar-refractivity contribution < 1.29 is 9.53 Å². The van der Waals surface area contributed by atoms with Crippen molar-refractivity contribution in [1.29, 1.82) is 0 Å². The Morgan fingerprint density at radius 1 is 1.48 bits per heavy atom. The fraction of sp³-hybridized carbons (Fsp3) is 0.562. The molecule has 0 bridgehead atoms. The third kappa shape index (κ3) is 3.99. The van der Waals surface area contributed by atoms with Crippen molar-refractivity contribution in [2.45, 2.75) is 51.2 Å². The summed E-state index contributed by atoms with van der Waals surface area (Å²) in [7, 11) is 0. The molecule has 5 heteroatoms. The number of benzene rings is 1. The number of ether oxygens (including phenoxy) is 1. The Kier molecular flexibility index (Phi) is 5.69. The van der Waals surface area contributed by atoms with Gasteiger partial charge in [-0.2, -0.15) is 0 Å². The molecule has 0 aromatic heterocycles. The molecule has 1 atom stereocenters. The van der Waals surface area contributed by atoms with Crippen LogP contribution in [-0.4, -0.2) is 24.2 Å². The average Bonchev–Trinajstić information content (AvgIpc) is 2.47. The first-order chi connectivity index (χ1) is 9.99. The summed E-state index contributed by atoms with van der Waals surface area (Å²) in [6.45, 7) is 4.99. The number of carbonyl (C=O) groups is 1. The van der Waals surface area contributed by atoms with Gasteiger partial charge in [0.2, 0.25) is 0 Å². The summed E-state index contributed by atoms with van der Waals surface area (Å²) < 4.78 is 6.66. The van der Waals surface area contributed by atoms with Crippen molar-refractivity contribution in [3.8, 4) is 0 Å². The number of rotatable bonds is 4. The molecule has 116 valence electrons. The van der Waals surface area contributed by atoms with E-state index in [9.17, 15) is 4.79 Å². The Morgan fingerprint density at radius 3 is 2.81 bits per heavy atom. The maximum atomic E-state index is 12.4. The first-order valence-corrected chi connectivity index (χ1v) is 8.56. The molecule has 1 aliphatic rings. The van der Waals surface area contributed by atoms with Crippen LogP contribution in [0.5, 0.6) is 0 Å². The summed E-state index contributed by atoms with van der Waals surface area (Å²) in [5.41, 5.74) is 0.525. The maximum Gasteiger partial charge on any atom is 0.252 e. The van der Waals surface area contributed by atoms with E-state index in [2.05, 4.69) is 35.1 Å². The second-order valence-corrected chi connectivity index (χ2v) is 6.82. The predicted octanol–water partition coefficient (Wildman–Crippen LogP) is 4.57. The van der Waals surface area contributed by atoms with Gasteiger partial charge in [-0.1, -0.05) is 25.4 Å². The molecule has 1 saturated heterocycles. The molecular formula is C16H21BrClNO2. The Balaban J connectivity index is 2.05. The van der Waals surface area contributed by atoms with E-state index in [0.717, 1.165) is 30.2 Å². The number of carbonyl (C=O) groups excluding carboxylic acids is 1. The largest absolute Gasteiger partial charge is 0.375 e. The molecule has 2 rings (SSSR count). The zero-order valence-electron chi connectivity index (χ0n) is 12.4. The van der Waals surface area contributed by atoms with E-state index in [1.165, 1.54) is 0 Å². The highest BCUT2D eigenvalue weighted by Crippen LogP contribution is 2.31. The lowest BCUT2D eigenvalue weighted by Gasteiger charge is -2.40. The van der Waals surface area contributed by atoms with Gasteiger partial charge in [0.1, 0.15) is 0 Å². The number of hydrogen-bond acceptors (Lipinski definition) is 2. The van der Waals surface area contributed by atoms with Crippen LogP contribution in [0.4, 0.5) is 0 Å². The van der Waals surface area contributed by atoms with Gasteiger partial charge >= 0.3 is 0 Å². The molecule has 1 unspecified atom stereocenters. The van der Waals surface area contributed by atoms with Crippen LogP contribution in [0.1, 0.15) is 49.9 Å². The van der Waals surface area contributed by atoms with Crippen molar-refractivity contribution in [3.05, 3.63) is 33.3 Å². The number of nitrogens with one attached hydrogen (secondary N) is 1. The lowest BCUT2D eigenvalue weighted by Crippen LogP contribution is -2.48. The highest BCUT2D eigenvalue weighted by atomic mass is 79.9. The molecule has 1 fully saturated rings. The molecule has 1 N–H and O–H groups in total. The summed E-state index contributed by atoms with van der Waals surface area (Å²) in [6.07, 6.45) is 3.68. The van der Waals surface area contributed by atoms with Crippen molar-refractivity contribution in [2.24, 2.45) is 0 Å². The minimum absolute atomic E-state index is 0.0634. The molecule has 0 spiro atoms. The third-order valence-corrected chi connectivity index (χ3v) is 5.18. The summed E-state index contributed by atoms with van der Waals surface area (Å²) in [5.74, 6) is -0.0634. The standard InChI is InChI=1S/C16H21BrClNO2/c1-3-16(4-2)10-12(7-8-21-16)19-15(20)13-6-5-11(18)9-14(13)17/h5-6,9,12H,3-4,7-8,10H2,1-2H3,(H,19,20). The van der Waals surface area contributed by atoms with Crippen LogP contribution in [0, 0.1) is 0 Å². The van der Waals surface area contributed by atoms with E-state index >= 15 is 0 Å². The quantitative estimate of drug-likeness (QED) is 0.838. The SMILES string of the molecule is CCC1(CC)CC(NC(=O)c2ccc(Cl)cc2Br)CCO1. The van der Waals surface area contributed by atoms with E-state index in [4.69, 9.17) is 16.3 Å². The molecule has 1 amide bonds. The molecule has 1 aliphatic heterocycles. The Labute approximate surface area is 139 Å². The molecule has 0 saturated carbocycles. The van der Waals surface area contributed by atoms with Gasteiger partial charge in [0, 0.05) is 22.1 Å². The second kappa shape index (κ2) is 7.12. The lowest BCUT2D eigenvalue weighted by atomic mass is 9.86. The summed E-state index contributed by atoms with van der Waals surface area (Å²) >= 11 is 9.30. The molecule has 0 aliphatic carbocycles. The average molecular weight is 375 g/mol. The minimum Gasteiger partial charge on any atom is -0.375 e. The lowest BCUT2D eigenvalue weighted by molar-refractivity contribution is -0.0917. The van der Waals surface area contributed by atoms with Crippen molar-refractivity contribution in [1.82, 2.24) is 5.32 Å². The highest BCUT2D eigenvalue weighted by Gasteiger charge is 2.35. The molecule has 3 nitrogen and oxygen atoms in total. The first-order valence-electron chi connectivity index (χ1n) is 7.39. The van der Waals surface area contributed by atoms with E-state index < -0.39 is 0 Å². The predicted molar refractivity (Wildman–Crippen MR) is 88.9 cm³/mol. The third-order valence-electron chi connectivity index (χ3n) is 4.29. The van der Waals surface area contributed by atoms with E-state index in [0.29, 0.717) is 17.2 Å². The molecule has 1 heterocycles. The zero-order chi connectivity index (χ0) is 15.5. The minimum atomic E-state index is -0.0899. The van der Waals surface area contributed by atoms with Crippen molar-refractivity contribution in [2.75, 3.05) is 6.61 Å². The van der Waals surface area contributed by atoms with Gasteiger partial charge in [-0.3, -0.25) is 4.79 Å². The van der Waals surface area contributed by atoms with Crippen LogP contribution >= 0.6 is 27.5 Å². The molecule has 21 heavy (non-hydrogen) atoms. The van der Waals surface area contributed by atoms with Crippen LogP contribution in [0.2, 0.25) is 5.02 Å². The van der Waals surface area contributed by atoms with Crippen LogP contribution in [-0.2, 0) is 4.74 Å². The van der Waals surface area contributed by atoms with E-state index in [-0.39, 0.29) is 17.6 Å². The monoisotopic (exact) mass is 373 g/mol. The van der Waals surface area contributed by atoms with Crippen LogP contribution < -0.4 is 5.32 Å². The van der Waals surface area contributed by atoms with E-state index in [1.807, 2.05) is 0 Å². The highest BCUT2D eigenvalue weighted by molar-refractivity contribution is 9.10. The normalized spacial score (nSPS) is 21.0. The first kappa shape index (κ1) is 16.8. The summed E-state index contributed by atoms with van der Waals surface area (Å²) in [6, 6.07) is 5.37. The number of hydrogen-bond donors (Lipinski definition) is 1. The fourth-order valence-electron chi connectivity index (χ4n) is 2.83. The topological polar surface area (TPSA) is 38.3 Å². The van der Waals surface area contributed by atoms with Crippen LogP contribution in [0.15, 0.2) is 22.7 Å². The summed E-state index contributed by atoms with van der Waals surface area (Å²) in [5, 5.41) is 3.74. The zero-order valence-corrected chi connectivity index (χ0v) is 14.8. The molecule has 0 radical (unpaired) electrons. The Bertz CT molecular complexity index is 517. The van der Waals surface area contributed by atoms with Gasteiger partial charge < -0.3 is 10.1 Å². The molecule has 1 aromatic carbocycles. The molecular weight excluding hydrogens is 354 g/mol. The maximum absolute atomic E-state index is 12.4. The van der Waals surface area contributed by atoms with Gasteiger partial charge in [-0.15, -0.1) is 0 Å². The Morgan fingerprint density at radius 2 is 2.19 bits per heavy atom.